The summed E-state index contributed by atoms with van der Waals surface area (Å²) < 4.78 is 12.9. The van der Waals surface area contributed by atoms with Crippen LogP contribution in [0.25, 0.3) is 6.08 Å². The molecule has 2 nitrogen and oxygen atoms in total. The van der Waals surface area contributed by atoms with Gasteiger partial charge in [-0.3, -0.25) is 0 Å². The highest BCUT2D eigenvalue weighted by atomic mass is 35.5. The first-order valence-corrected chi connectivity index (χ1v) is 4.25. The number of carboxylic acid groups (broad SMARTS) is 1. The van der Waals surface area contributed by atoms with E-state index in [-0.39, 0.29) is 5.02 Å². The van der Waals surface area contributed by atoms with Crippen molar-refractivity contribution in [3.8, 4) is 0 Å². The Morgan fingerprint density at radius 1 is 1.57 bits per heavy atom. The quantitative estimate of drug-likeness (QED) is 0.769. The monoisotopic (exact) mass is 214 g/mol. The molecule has 0 fully saturated rings. The summed E-state index contributed by atoms with van der Waals surface area (Å²) in [7, 11) is 0. The second-order valence-electron chi connectivity index (χ2n) is 2.77. The minimum Gasteiger partial charge on any atom is -0.478 e. The molecule has 1 aromatic carbocycles. The fourth-order valence-electron chi connectivity index (χ4n) is 1.000. The van der Waals surface area contributed by atoms with Crippen molar-refractivity contribution in [2.24, 2.45) is 0 Å². The summed E-state index contributed by atoms with van der Waals surface area (Å²) in [4.78, 5) is 10.2. The number of aliphatic carboxylic acids is 1. The molecule has 0 amide bonds. The smallest absolute Gasteiger partial charge is 0.328 e. The summed E-state index contributed by atoms with van der Waals surface area (Å²) >= 11 is 5.71. The van der Waals surface area contributed by atoms with Crippen LogP contribution in [-0.4, -0.2) is 11.1 Å². The highest BCUT2D eigenvalue weighted by Gasteiger charge is 2.03. The minimum atomic E-state index is -1.08. The Hall–Kier alpha value is -1.35. The van der Waals surface area contributed by atoms with E-state index in [2.05, 4.69) is 0 Å². The highest BCUT2D eigenvalue weighted by molar-refractivity contribution is 6.31. The van der Waals surface area contributed by atoms with Crippen LogP contribution < -0.4 is 0 Å². The van der Waals surface area contributed by atoms with E-state index in [4.69, 9.17) is 16.7 Å². The van der Waals surface area contributed by atoms with Gasteiger partial charge >= 0.3 is 5.97 Å². The van der Waals surface area contributed by atoms with Gasteiger partial charge in [-0.15, -0.1) is 0 Å². The summed E-state index contributed by atoms with van der Waals surface area (Å²) in [6.45, 7) is 1.70. The van der Waals surface area contributed by atoms with Crippen molar-refractivity contribution < 1.29 is 14.3 Å². The van der Waals surface area contributed by atoms with Crippen LogP contribution in [-0.2, 0) is 4.79 Å². The lowest BCUT2D eigenvalue weighted by atomic mass is 10.1. The van der Waals surface area contributed by atoms with Gasteiger partial charge in [0, 0.05) is 11.1 Å². The Morgan fingerprint density at radius 3 is 2.79 bits per heavy atom. The van der Waals surface area contributed by atoms with Gasteiger partial charge in [0.1, 0.15) is 5.82 Å². The third-order valence-corrected chi connectivity index (χ3v) is 2.15. The maximum atomic E-state index is 12.9. The van der Waals surface area contributed by atoms with Crippen LogP contribution in [0.3, 0.4) is 0 Å². The van der Waals surface area contributed by atoms with Gasteiger partial charge in [0.25, 0.3) is 0 Å². The van der Waals surface area contributed by atoms with Gasteiger partial charge in [0.15, 0.2) is 0 Å². The van der Waals surface area contributed by atoms with Crippen LogP contribution >= 0.6 is 11.6 Å². The summed E-state index contributed by atoms with van der Waals surface area (Å²) in [6, 6.07) is 2.43. The molecule has 0 spiro atoms. The molecule has 0 aliphatic carbocycles. The molecule has 0 aliphatic heterocycles. The third-order valence-electron chi connectivity index (χ3n) is 1.75. The molecule has 0 aromatic heterocycles. The lowest BCUT2D eigenvalue weighted by Crippen LogP contribution is -1.89. The Morgan fingerprint density at radius 2 is 2.21 bits per heavy atom. The second kappa shape index (κ2) is 4.24. The van der Waals surface area contributed by atoms with E-state index >= 15 is 0 Å². The Bertz CT molecular complexity index is 399. The van der Waals surface area contributed by atoms with Gasteiger partial charge < -0.3 is 5.11 Å². The summed E-state index contributed by atoms with van der Waals surface area (Å²) in [5.41, 5.74) is 1.13. The van der Waals surface area contributed by atoms with E-state index in [1.165, 1.54) is 18.2 Å². The molecule has 1 N–H and O–H groups in total. The zero-order valence-corrected chi connectivity index (χ0v) is 8.18. The first-order valence-electron chi connectivity index (χ1n) is 3.87. The van der Waals surface area contributed by atoms with Gasteiger partial charge in [0.2, 0.25) is 0 Å². The standard InChI is InChI=1S/C10H8ClFO2/c1-6-7(2-3-10(13)14)4-8(12)5-9(6)11/h2-5H,1H3,(H,13,14)/b3-2+. The van der Waals surface area contributed by atoms with Crippen LogP contribution in [0.4, 0.5) is 4.39 Å². The fourth-order valence-corrected chi connectivity index (χ4v) is 1.21. The number of carbonyl (C=O) groups is 1. The van der Waals surface area contributed by atoms with Crippen LogP contribution in [0.5, 0.6) is 0 Å². The van der Waals surface area contributed by atoms with Gasteiger partial charge in [0.05, 0.1) is 0 Å². The molecule has 1 rings (SSSR count). The molecule has 0 bridgehead atoms. The summed E-state index contributed by atoms with van der Waals surface area (Å²) in [5.74, 6) is -1.56. The van der Waals surface area contributed by atoms with Crippen molar-refractivity contribution in [3.63, 3.8) is 0 Å². The molecule has 0 atom stereocenters. The van der Waals surface area contributed by atoms with E-state index in [1.807, 2.05) is 0 Å². The molecule has 0 heterocycles. The number of benzene rings is 1. The van der Waals surface area contributed by atoms with Gasteiger partial charge in [-0.2, -0.15) is 0 Å². The fraction of sp³-hybridized carbons (Fsp3) is 0.100. The lowest BCUT2D eigenvalue weighted by molar-refractivity contribution is -0.131. The van der Waals surface area contributed by atoms with Crippen molar-refractivity contribution in [3.05, 3.63) is 40.2 Å². The number of hydrogen-bond donors (Lipinski definition) is 1. The molecule has 14 heavy (non-hydrogen) atoms. The molecule has 0 radical (unpaired) electrons. The van der Waals surface area contributed by atoms with Crippen LogP contribution in [0, 0.1) is 12.7 Å². The largest absolute Gasteiger partial charge is 0.478 e. The average molecular weight is 215 g/mol. The highest BCUT2D eigenvalue weighted by Crippen LogP contribution is 2.21. The number of halogens is 2. The maximum Gasteiger partial charge on any atom is 0.328 e. The normalized spacial score (nSPS) is 10.8. The van der Waals surface area contributed by atoms with E-state index in [9.17, 15) is 9.18 Å². The van der Waals surface area contributed by atoms with E-state index in [0.29, 0.717) is 11.1 Å². The van der Waals surface area contributed by atoms with Crippen molar-refractivity contribution >= 4 is 23.6 Å². The summed E-state index contributed by atoms with van der Waals surface area (Å²) in [5, 5.41) is 8.68. The number of rotatable bonds is 2. The SMILES string of the molecule is Cc1c(Cl)cc(F)cc1/C=C/C(=O)O. The molecular formula is C10H8ClFO2. The lowest BCUT2D eigenvalue weighted by Gasteiger charge is -2.02. The molecule has 0 aliphatic rings. The molecule has 74 valence electrons. The van der Waals surface area contributed by atoms with Crippen LogP contribution in [0.15, 0.2) is 18.2 Å². The van der Waals surface area contributed by atoms with Gasteiger partial charge in [-0.1, -0.05) is 11.6 Å². The van der Waals surface area contributed by atoms with E-state index in [0.717, 1.165) is 6.08 Å². The molecular weight excluding hydrogens is 207 g/mol. The van der Waals surface area contributed by atoms with Crippen LogP contribution in [0.1, 0.15) is 11.1 Å². The van der Waals surface area contributed by atoms with Gasteiger partial charge in [-0.05, 0) is 36.3 Å². The van der Waals surface area contributed by atoms with Gasteiger partial charge in [-0.25, -0.2) is 9.18 Å². The third kappa shape index (κ3) is 2.57. The maximum absolute atomic E-state index is 12.9. The topological polar surface area (TPSA) is 37.3 Å². The average Bonchev–Trinajstić information content (AvgIpc) is 2.08. The molecule has 0 saturated carbocycles. The minimum absolute atomic E-state index is 0.287. The predicted octanol–water partition coefficient (Wildman–Crippen LogP) is 2.89. The molecule has 4 heteroatoms. The Labute approximate surface area is 85.6 Å². The van der Waals surface area contributed by atoms with E-state index < -0.39 is 11.8 Å². The van der Waals surface area contributed by atoms with Crippen molar-refractivity contribution in [1.82, 2.24) is 0 Å². The zero-order chi connectivity index (χ0) is 10.7. The first-order chi connectivity index (χ1) is 6.50. The number of carboxylic acids is 1. The predicted molar refractivity (Wildman–Crippen MR) is 52.8 cm³/mol. The zero-order valence-electron chi connectivity index (χ0n) is 7.42. The van der Waals surface area contributed by atoms with Crippen molar-refractivity contribution in [1.29, 1.82) is 0 Å². The first kappa shape index (κ1) is 10.7. The van der Waals surface area contributed by atoms with Crippen molar-refractivity contribution in [2.45, 2.75) is 6.92 Å². The Balaban J connectivity index is 3.14. The Kier molecular flexibility index (Phi) is 3.25. The summed E-state index contributed by atoms with van der Waals surface area (Å²) in [6.07, 6.45) is 2.25. The van der Waals surface area contributed by atoms with Crippen LogP contribution in [0.2, 0.25) is 5.02 Å². The second-order valence-corrected chi connectivity index (χ2v) is 3.18. The molecule has 0 saturated heterocycles. The molecule has 1 aromatic rings. The molecule has 0 unspecified atom stereocenters. The number of hydrogen-bond acceptors (Lipinski definition) is 1. The van der Waals surface area contributed by atoms with Crippen molar-refractivity contribution in [2.75, 3.05) is 0 Å². The van der Waals surface area contributed by atoms with E-state index in [1.54, 1.807) is 6.92 Å².